The van der Waals surface area contributed by atoms with Gasteiger partial charge in [0.25, 0.3) is 12.4 Å². The van der Waals surface area contributed by atoms with Crippen LogP contribution in [0.1, 0.15) is 20.8 Å². The van der Waals surface area contributed by atoms with Crippen LogP contribution < -0.4 is 0 Å². The number of carbonyl (C=O) groups is 1. The third-order valence-electron chi connectivity index (χ3n) is 1.08. The Labute approximate surface area is 70.5 Å². The fraction of sp³-hybridized carbons (Fsp3) is 0.500. The van der Waals surface area contributed by atoms with Gasteiger partial charge in [0.1, 0.15) is 5.60 Å². The summed E-state index contributed by atoms with van der Waals surface area (Å²) in [6.07, 6.45) is 1.70. The van der Waals surface area contributed by atoms with Crippen LogP contribution in [-0.2, 0) is 9.53 Å². The number of aromatic nitrogens is 1. The second kappa shape index (κ2) is 2.97. The molecule has 66 valence electrons. The molecule has 4 heteroatoms. The Bertz CT molecular complexity index is 248. The predicted octanol–water partition coefficient (Wildman–Crippen LogP) is 1.61. The van der Waals surface area contributed by atoms with Crippen molar-refractivity contribution in [3.8, 4) is 11.7 Å². The molecule has 4 nitrogen and oxygen atoms in total. The lowest BCUT2D eigenvalue weighted by atomic mass is 10.2. The van der Waals surface area contributed by atoms with Crippen molar-refractivity contribution in [1.29, 1.82) is 0 Å². The molecule has 0 aromatic heterocycles. The Balaban J connectivity index is 0.000000123. The van der Waals surface area contributed by atoms with Gasteiger partial charge in [-0.2, -0.15) is 0 Å². The monoisotopic (exact) mass is 169 g/mol. The number of fused-ring (bicyclic) bond motifs is 1. The summed E-state index contributed by atoms with van der Waals surface area (Å²) in [7, 11) is 0. The van der Waals surface area contributed by atoms with Gasteiger partial charge in [0.2, 0.25) is 5.76 Å². The zero-order valence-electron chi connectivity index (χ0n) is 7.33. The molecule has 0 atom stereocenters. The van der Waals surface area contributed by atoms with Gasteiger partial charge in [0.15, 0.2) is 0 Å². The van der Waals surface area contributed by atoms with E-state index in [0.29, 0.717) is 6.47 Å². The van der Waals surface area contributed by atoms with Gasteiger partial charge in [0.05, 0.1) is 6.20 Å². The molecule has 0 amide bonds. The molecule has 0 aromatic rings. The van der Waals surface area contributed by atoms with Crippen molar-refractivity contribution >= 4 is 6.47 Å². The van der Waals surface area contributed by atoms with E-state index >= 15 is 0 Å². The molecule has 0 aliphatic carbocycles. The van der Waals surface area contributed by atoms with Crippen LogP contribution in [0.25, 0.3) is 11.7 Å². The Kier molecular flexibility index (Phi) is 2.17. The zero-order chi connectivity index (χ0) is 9.19. The fourth-order valence-electron chi connectivity index (χ4n) is 0.446. The molecule has 0 aromatic carbocycles. The van der Waals surface area contributed by atoms with Crippen LogP contribution in [0.5, 0.6) is 0 Å². The van der Waals surface area contributed by atoms with Crippen LogP contribution in [0, 0.1) is 0 Å². The molecule has 0 N–H and O–H groups in total. The molecule has 2 heterocycles. The number of nitrogens with zero attached hydrogens (tertiary/aromatic N) is 1. The molecule has 0 bridgehead atoms. The van der Waals surface area contributed by atoms with Gasteiger partial charge in [-0.05, 0) is 20.8 Å². The van der Waals surface area contributed by atoms with Gasteiger partial charge in [0, 0.05) is 0 Å². The molecule has 0 radical (unpaired) electrons. The van der Waals surface area contributed by atoms with Crippen LogP contribution in [-0.4, -0.2) is 17.1 Å². The summed E-state index contributed by atoms with van der Waals surface area (Å²) in [5, 5.41) is 0. The van der Waals surface area contributed by atoms with Crippen LogP contribution >= 0.6 is 0 Å². The van der Waals surface area contributed by atoms with Gasteiger partial charge < -0.3 is 9.15 Å². The third kappa shape index (κ3) is 2.74. The van der Waals surface area contributed by atoms with Crippen molar-refractivity contribution in [2.45, 2.75) is 26.4 Å². The van der Waals surface area contributed by atoms with Gasteiger partial charge in [-0.3, -0.25) is 4.79 Å². The highest BCUT2D eigenvalue weighted by Gasteiger charge is 2.21. The molecule has 0 unspecified atom stereocenters. The Morgan fingerprint density at radius 1 is 1.58 bits per heavy atom. The smallest absolute Gasteiger partial charge is 0.293 e. The maximum Gasteiger partial charge on any atom is 0.293 e. The molecule has 2 aliphatic rings. The third-order valence-corrected chi connectivity index (χ3v) is 1.08. The minimum Gasteiger partial charge on any atom is -0.462 e. The second-order valence-electron chi connectivity index (χ2n) is 3.36. The van der Waals surface area contributed by atoms with E-state index in [9.17, 15) is 4.79 Å². The number of oxazole rings is 1. The van der Waals surface area contributed by atoms with Gasteiger partial charge in [-0.25, -0.2) is 4.98 Å². The van der Waals surface area contributed by atoms with Crippen molar-refractivity contribution in [2.75, 3.05) is 0 Å². The highest BCUT2D eigenvalue weighted by Crippen LogP contribution is 2.32. The van der Waals surface area contributed by atoms with E-state index < -0.39 is 0 Å². The van der Waals surface area contributed by atoms with Crippen LogP contribution in [0.4, 0.5) is 0 Å². The highest BCUT2D eigenvalue weighted by molar-refractivity contribution is 5.56. The molecular weight excluding hydrogens is 158 g/mol. The number of ether oxygens (including phenoxy) is 1. The van der Waals surface area contributed by atoms with Crippen LogP contribution in [0.2, 0.25) is 0 Å². The number of hydrogen-bond donors (Lipinski definition) is 0. The summed E-state index contributed by atoms with van der Waals surface area (Å²) in [5.41, 5.74) is -0.318. The minimum atomic E-state index is -0.318. The normalized spacial score (nSPS) is 11.2. The fourth-order valence-corrected chi connectivity index (χ4v) is 0.446. The second-order valence-corrected chi connectivity index (χ2v) is 3.36. The average Bonchev–Trinajstić information content (AvgIpc) is 2.37. The number of carbonyl (C=O) groups excluding carboxylic acids is 1. The number of rotatable bonds is 1. The Morgan fingerprint density at radius 3 is 2.17 bits per heavy atom. The van der Waals surface area contributed by atoms with E-state index in [-0.39, 0.29) is 5.60 Å². The molecule has 0 fully saturated rings. The van der Waals surface area contributed by atoms with Crippen molar-refractivity contribution < 1.29 is 13.9 Å². The molecule has 0 saturated heterocycles. The molecule has 0 saturated carbocycles. The molecular formula is C8H11NO3. The first-order valence-electron chi connectivity index (χ1n) is 3.60. The molecule has 12 heavy (non-hydrogen) atoms. The maximum absolute atomic E-state index is 9.60. The highest BCUT2D eigenvalue weighted by atomic mass is 16.5. The van der Waals surface area contributed by atoms with Crippen molar-refractivity contribution in [3.63, 3.8) is 0 Å². The van der Waals surface area contributed by atoms with E-state index in [4.69, 9.17) is 0 Å². The lowest BCUT2D eigenvalue weighted by Gasteiger charge is -2.14. The maximum atomic E-state index is 9.60. The first kappa shape index (κ1) is 8.77. The lowest BCUT2D eigenvalue weighted by Crippen LogP contribution is -2.17. The topological polar surface area (TPSA) is 52.3 Å². The van der Waals surface area contributed by atoms with E-state index in [0.717, 1.165) is 11.7 Å². The van der Waals surface area contributed by atoms with Crippen molar-refractivity contribution in [3.05, 3.63) is 6.20 Å². The first-order chi connectivity index (χ1) is 5.53. The van der Waals surface area contributed by atoms with Crippen molar-refractivity contribution in [2.24, 2.45) is 0 Å². The molecule has 0 spiro atoms. The number of hydrogen-bond acceptors (Lipinski definition) is 4. The zero-order valence-corrected chi connectivity index (χ0v) is 7.33. The molecule has 2 aliphatic heterocycles. The van der Waals surface area contributed by atoms with Gasteiger partial charge in [-0.15, -0.1) is 0 Å². The van der Waals surface area contributed by atoms with Crippen molar-refractivity contribution in [1.82, 2.24) is 4.98 Å². The molecule has 2 rings (SSSR count). The van der Waals surface area contributed by atoms with E-state index in [1.807, 2.05) is 20.8 Å². The van der Waals surface area contributed by atoms with Gasteiger partial charge in [-0.1, -0.05) is 0 Å². The quantitative estimate of drug-likeness (QED) is 0.608. The average molecular weight is 169 g/mol. The van der Waals surface area contributed by atoms with E-state index in [1.54, 1.807) is 6.20 Å². The standard InChI is InChI=1S/C5H10O2.C3HNO/c1-5(2,3)7-4-6;1-2-3(4-1)5-2/h4H,1-3H3;1H. The summed E-state index contributed by atoms with van der Waals surface area (Å²) in [6.45, 7) is 5.92. The SMILES string of the molecule is CC(C)(C)OC=O.c1nc2oc1-2. The largest absolute Gasteiger partial charge is 0.462 e. The summed E-state index contributed by atoms with van der Waals surface area (Å²) < 4.78 is 9.19. The summed E-state index contributed by atoms with van der Waals surface area (Å²) in [6, 6.07) is 0. The predicted molar refractivity (Wildman–Crippen MR) is 42.4 cm³/mol. The lowest BCUT2D eigenvalue weighted by molar-refractivity contribution is -0.138. The Morgan fingerprint density at radius 2 is 2.17 bits per heavy atom. The summed E-state index contributed by atoms with van der Waals surface area (Å²) in [5.74, 6) is 1.81. The first-order valence-corrected chi connectivity index (χ1v) is 3.60. The minimum absolute atomic E-state index is 0.318. The van der Waals surface area contributed by atoms with Gasteiger partial charge >= 0.3 is 0 Å². The van der Waals surface area contributed by atoms with E-state index in [2.05, 4.69) is 14.1 Å². The summed E-state index contributed by atoms with van der Waals surface area (Å²) >= 11 is 0. The Hall–Kier alpha value is -1.32. The summed E-state index contributed by atoms with van der Waals surface area (Å²) in [4.78, 5) is 13.3. The van der Waals surface area contributed by atoms with Crippen LogP contribution in [0.3, 0.4) is 0 Å². The van der Waals surface area contributed by atoms with E-state index in [1.165, 1.54) is 0 Å². The van der Waals surface area contributed by atoms with Crippen LogP contribution in [0.15, 0.2) is 10.6 Å².